The zero-order chi connectivity index (χ0) is 17.7. The number of rotatable bonds is 5. The van der Waals surface area contributed by atoms with Crippen LogP contribution in [-0.4, -0.2) is 23.3 Å². The molecule has 4 nitrogen and oxygen atoms in total. The SMILES string of the molecule is C[C@@H](NC(C)(C)C)C(=O)Nc1ccccc1C(=O)c1ccccc1. The average molecular weight is 324 g/mol. The van der Waals surface area contributed by atoms with E-state index in [0.29, 0.717) is 16.8 Å². The van der Waals surface area contributed by atoms with Crippen LogP contribution in [0.3, 0.4) is 0 Å². The van der Waals surface area contributed by atoms with Crippen molar-refractivity contribution in [2.45, 2.75) is 39.3 Å². The molecule has 2 rings (SSSR count). The van der Waals surface area contributed by atoms with Gasteiger partial charge in [0.05, 0.1) is 11.7 Å². The highest BCUT2D eigenvalue weighted by atomic mass is 16.2. The van der Waals surface area contributed by atoms with E-state index >= 15 is 0 Å². The first-order chi connectivity index (χ1) is 11.3. The maximum atomic E-state index is 12.7. The first kappa shape index (κ1) is 17.9. The summed E-state index contributed by atoms with van der Waals surface area (Å²) in [6, 6.07) is 15.8. The molecule has 0 radical (unpaired) electrons. The fraction of sp³-hybridized carbons (Fsp3) is 0.300. The van der Waals surface area contributed by atoms with Gasteiger partial charge in [-0.25, -0.2) is 0 Å². The van der Waals surface area contributed by atoms with Crippen LogP contribution < -0.4 is 10.6 Å². The molecule has 126 valence electrons. The molecule has 0 spiro atoms. The molecular weight excluding hydrogens is 300 g/mol. The number of hydrogen-bond donors (Lipinski definition) is 2. The van der Waals surface area contributed by atoms with Crippen LogP contribution in [0.2, 0.25) is 0 Å². The quantitative estimate of drug-likeness (QED) is 0.826. The van der Waals surface area contributed by atoms with E-state index in [0.717, 1.165) is 0 Å². The molecule has 0 unspecified atom stereocenters. The predicted molar refractivity (Wildman–Crippen MR) is 97.3 cm³/mol. The van der Waals surface area contributed by atoms with Crippen LogP contribution in [0.4, 0.5) is 5.69 Å². The Hall–Kier alpha value is -2.46. The van der Waals surface area contributed by atoms with E-state index in [-0.39, 0.29) is 23.3 Å². The van der Waals surface area contributed by atoms with Crippen LogP contribution in [0.25, 0.3) is 0 Å². The van der Waals surface area contributed by atoms with Crippen molar-refractivity contribution < 1.29 is 9.59 Å². The Bertz CT molecular complexity index is 718. The molecule has 2 N–H and O–H groups in total. The number of ketones is 1. The molecule has 2 aromatic carbocycles. The molecule has 0 fully saturated rings. The number of amides is 1. The number of carbonyl (C=O) groups excluding carboxylic acids is 2. The number of benzene rings is 2. The molecule has 24 heavy (non-hydrogen) atoms. The van der Waals surface area contributed by atoms with Gasteiger partial charge in [0.2, 0.25) is 5.91 Å². The summed E-state index contributed by atoms with van der Waals surface area (Å²) < 4.78 is 0. The van der Waals surface area contributed by atoms with E-state index < -0.39 is 0 Å². The van der Waals surface area contributed by atoms with Crippen molar-refractivity contribution >= 4 is 17.4 Å². The second-order valence-corrected chi connectivity index (χ2v) is 6.85. The minimum atomic E-state index is -0.370. The van der Waals surface area contributed by atoms with Gasteiger partial charge in [0.25, 0.3) is 0 Å². The van der Waals surface area contributed by atoms with Crippen LogP contribution in [0.5, 0.6) is 0 Å². The average Bonchev–Trinajstić information content (AvgIpc) is 2.54. The normalized spacial score (nSPS) is 12.5. The van der Waals surface area contributed by atoms with E-state index in [1.807, 2.05) is 45.9 Å². The summed E-state index contributed by atoms with van der Waals surface area (Å²) >= 11 is 0. The maximum Gasteiger partial charge on any atom is 0.241 e. The van der Waals surface area contributed by atoms with Crippen molar-refractivity contribution in [1.29, 1.82) is 0 Å². The van der Waals surface area contributed by atoms with Crippen LogP contribution in [0.1, 0.15) is 43.6 Å². The smallest absolute Gasteiger partial charge is 0.241 e. The van der Waals surface area contributed by atoms with Gasteiger partial charge < -0.3 is 10.6 Å². The van der Waals surface area contributed by atoms with Crippen LogP contribution in [0.15, 0.2) is 54.6 Å². The highest BCUT2D eigenvalue weighted by molar-refractivity contribution is 6.14. The summed E-state index contributed by atoms with van der Waals surface area (Å²) in [7, 11) is 0. The Morgan fingerprint density at radius 3 is 2.12 bits per heavy atom. The second-order valence-electron chi connectivity index (χ2n) is 6.85. The van der Waals surface area contributed by atoms with E-state index in [9.17, 15) is 9.59 Å². The molecule has 0 aromatic heterocycles. The standard InChI is InChI=1S/C20H24N2O2/c1-14(22-20(2,3)4)19(24)21-17-13-9-8-12-16(17)18(23)15-10-6-5-7-11-15/h5-14,22H,1-4H3,(H,21,24)/t14-/m1/s1. The summed E-state index contributed by atoms with van der Waals surface area (Å²) in [5.41, 5.74) is 1.44. The lowest BCUT2D eigenvalue weighted by atomic mass is 10.0. The maximum absolute atomic E-state index is 12.7. The highest BCUT2D eigenvalue weighted by Gasteiger charge is 2.21. The van der Waals surface area contributed by atoms with Gasteiger partial charge in [0.1, 0.15) is 0 Å². The Morgan fingerprint density at radius 1 is 0.917 bits per heavy atom. The van der Waals surface area contributed by atoms with E-state index in [1.54, 1.807) is 36.4 Å². The van der Waals surface area contributed by atoms with Crippen molar-refractivity contribution in [3.63, 3.8) is 0 Å². The molecular formula is C20H24N2O2. The molecule has 1 amide bonds. The zero-order valence-corrected chi connectivity index (χ0v) is 14.6. The topological polar surface area (TPSA) is 58.2 Å². The van der Waals surface area contributed by atoms with E-state index in [1.165, 1.54) is 0 Å². The number of anilines is 1. The molecule has 0 aliphatic rings. The van der Waals surface area contributed by atoms with Gasteiger partial charge in [-0.15, -0.1) is 0 Å². The van der Waals surface area contributed by atoms with Gasteiger partial charge >= 0.3 is 0 Å². The third-order valence-corrected chi connectivity index (χ3v) is 3.51. The molecule has 2 aromatic rings. The van der Waals surface area contributed by atoms with Gasteiger partial charge in [-0.3, -0.25) is 9.59 Å². The summed E-state index contributed by atoms with van der Waals surface area (Å²) in [4.78, 5) is 25.1. The van der Waals surface area contributed by atoms with E-state index in [4.69, 9.17) is 0 Å². The summed E-state index contributed by atoms with van der Waals surface area (Å²) in [6.45, 7) is 7.82. The van der Waals surface area contributed by atoms with Gasteiger partial charge in [-0.05, 0) is 39.8 Å². The van der Waals surface area contributed by atoms with Crippen molar-refractivity contribution in [3.8, 4) is 0 Å². The number of nitrogens with one attached hydrogen (secondary N) is 2. The summed E-state index contributed by atoms with van der Waals surface area (Å²) in [5, 5.41) is 6.08. The third kappa shape index (κ3) is 4.77. The number of para-hydroxylation sites is 1. The third-order valence-electron chi connectivity index (χ3n) is 3.51. The fourth-order valence-electron chi connectivity index (χ4n) is 2.49. The van der Waals surface area contributed by atoms with Crippen molar-refractivity contribution in [2.75, 3.05) is 5.32 Å². The highest BCUT2D eigenvalue weighted by Crippen LogP contribution is 2.19. The summed E-state index contributed by atoms with van der Waals surface area (Å²) in [6.07, 6.45) is 0. The molecule has 0 heterocycles. The first-order valence-electron chi connectivity index (χ1n) is 8.05. The number of hydrogen-bond acceptors (Lipinski definition) is 3. The Balaban J connectivity index is 2.20. The van der Waals surface area contributed by atoms with Crippen LogP contribution >= 0.6 is 0 Å². The molecule has 0 aliphatic carbocycles. The van der Waals surface area contributed by atoms with Gasteiger partial charge in [0.15, 0.2) is 5.78 Å². The fourth-order valence-corrected chi connectivity index (χ4v) is 2.49. The second kappa shape index (κ2) is 7.41. The summed E-state index contributed by atoms with van der Waals surface area (Å²) in [5.74, 6) is -0.277. The zero-order valence-electron chi connectivity index (χ0n) is 14.6. The molecule has 0 aliphatic heterocycles. The molecule has 0 saturated carbocycles. The van der Waals surface area contributed by atoms with Gasteiger partial charge in [-0.1, -0.05) is 42.5 Å². The first-order valence-corrected chi connectivity index (χ1v) is 8.05. The lowest BCUT2D eigenvalue weighted by Gasteiger charge is -2.25. The Morgan fingerprint density at radius 2 is 1.50 bits per heavy atom. The van der Waals surface area contributed by atoms with Gasteiger partial charge in [0, 0.05) is 16.7 Å². The van der Waals surface area contributed by atoms with Crippen molar-refractivity contribution in [2.24, 2.45) is 0 Å². The molecule has 4 heteroatoms. The van der Waals surface area contributed by atoms with Crippen molar-refractivity contribution in [3.05, 3.63) is 65.7 Å². The van der Waals surface area contributed by atoms with Crippen LogP contribution in [0, 0.1) is 0 Å². The number of carbonyl (C=O) groups is 2. The minimum Gasteiger partial charge on any atom is -0.324 e. The Labute approximate surface area is 143 Å². The Kier molecular flexibility index (Phi) is 5.52. The predicted octanol–water partition coefficient (Wildman–Crippen LogP) is 3.63. The molecule has 0 saturated heterocycles. The van der Waals surface area contributed by atoms with Crippen LogP contribution in [-0.2, 0) is 4.79 Å². The monoisotopic (exact) mass is 324 g/mol. The lowest BCUT2D eigenvalue weighted by molar-refractivity contribution is -0.118. The van der Waals surface area contributed by atoms with Crippen molar-refractivity contribution in [1.82, 2.24) is 5.32 Å². The van der Waals surface area contributed by atoms with E-state index in [2.05, 4.69) is 10.6 Å². The minimum absolute atomic E-state index is 0.108. The largest absolute Gasteiger partial charge is 0.324 e. The molecule has 0 bridgehead atoms. The lowest BCUT2D eigenvalue weighted by Crippen LogP contribution is -2.48. The molecule has 1 atom stereocenters. The van der Waals surface area contributed by atoms with Gasteiger partial charge in [-0.2, -0.15) is 0 Å².